The van der Waals surface area contributed by atoms with Gasteiger partial charge in [-0.25, -0.2) is 4.98 Å². The van der Waals surface area contributed by atoms with E-state index < -0.39 is 0 Å². The number of aromatic nitrogens is 1. The molecule has 2 heterocycles. The van der Waals surface area contributed by atoms with Crippen LogP contribution in [-0.4, -0.2) is 23.2 Å². The van der Waals surface area contributed by atoms with Crippen LogP contribution in [-0.2, 0) is 6.42 Å². The Hall–Kier alpha value is -0.610. The summed E-state index contributed by atoms with van der Waals surface area (Å²) in [6.45, 7) is 9.34. The quantitative estimate of drug-likeness (QED) is 0.846. The first-order valence-electron chi connectivity index (χ1n) is 8.38. The van der Waals surface area contributed by atoms with Crippen molar-refractivity contribution in [2.24, 2.45) is 11.3 Å². The van der Waals surface area contributed by atoms with E-state index in [2.05, 4.69) is 25.7 Å². The van der Waals surface area contributed by atoms with Crippen LogP contribution in [0.2, 0.25) is 0 Å². The molecular weight excluding hydrogens is 280 g/mol. The van der Waals surface area contributed by atoms with E-state index in [9.17, 15) is 5.11 Å². The van der Waals surface area contributed by atoms with E-state index in [-0.39, 0.29) is 6.10 Å². The number of anilines is 1. The van der Waals surface area contributed by atoms with Crippen molar-refractivity contribution in [3.8, 4) is 0 Å². The molecule has 2 unspecified atom stereocenters. The molecule has 0 amide bonds. The number of hydrogen-bond acceptors (Lipinski definition) is 4. The zero-order valence-electron chi connectivity index (χ0n) is 13.6. The Bertz CT molecular complexity index is 491. The first-order valence-corrected chi connectivity index (χ1v) is 9.19. The largest absolute Gasteiger partial charge is 0.387 e. The van der Waals surface area contributed by atoms with E-state index in [1.165, 1.54) is 24.1 Å². The third-order valence-electron chi connectivity index (χ3n) is 5.14. The van der Waals surface area contributed by atoms with Crippen molar-refractivity contribution in [1.29, 1.82) is 0 Å². The fraction of sp³-hybridized carbons (Fsp3) is 0.824. The molecule has 1 saturated heterocycles. The average molecular weight is 308 g/mol. The standard InChI is InChI=1S/C17H28N2OS/c1-17(2,3)12-6-5-10-19(11-9-12)16-18-15-13(20)7-4-8-14(15)21-16/h12-13,20H,4-11H2,1-3H3. The highest BCUT2D eigenvalue weighted by molar-refractivity contribution is 7.15. The molecular formula is C17H28N2OS. The smallest absolute Gasteiger partial charge is 0.185 e. The third-order valence-corrected chi connectivity index (χ3v) is 6.33. The molecule has 1 fully saturated rings. The molecule has 1 aliphatic carbocycles. The molecule has 1 aromatic heterocycles. The predicted octanol–water partition coefficient (Wildman–Crippen LogP) is 4.17. The van der Waals surface area contributed by atoms with Gasteiger partial charge < -0.3 is 10.0 Å². The Kier molecular flexibility index (Phi) is 4.28. The molecule has 4 heteroatoms. The van der Waals surface area contributed by atoms with Crippen molar-refractivity contribution < 1.29 is 5.11 Å². The number of nitrogens with zero attached hydrogens (tertiary/aromatic N) is 2. The normalized spacial score (nSPS) is 27.3. The second-order valence-corrected chi connectivity index (χ2v) is 8.76. The summed E-state index contributed by atoms with van der Waals surface area (Å²) in [5, 5.41) is 11.3. The minimum Gasteiger partial charge on any atom is -0.387 e. The number of hydrogen-bond donors (Lipinski definition) is 1. The van der Waals surface area contributed by atoms with Gasteiger partial charge in [-0.05, 0) is 49.9 Å². The molecule has 3 rings (SSSR count). The van der Waals surface area contributed by atoms with Crippen molar-refractivity contribution in [1.82, 2.24) is 4.98 Å². The minimum atomic E-state index is -0.326. The van der Waals surface area contributed by atoms with Gasteiger partial charge in [-0.2, -0.15) is 0 Å². The molecule has 1 N–H and O–H groups in total. The van der Waals surface area contributed by atoms with Crippen molar-refractivity contribution in [2.45, 2.75) is 65.4 Å². The van der Waals surface area contributed by atoms with Crippen LogP contribution in [0.4, 0.5) is 5.13 Å². The molecule has 1 aromatic rings. The molecule has 0 spiro atoms. The van der Waals surface area contributed by atoms with Crippen LogP contribution in [0, 0.1) is 11.3 Å². The molecule has 118 valence electrons. The van der Waals surface area contributed by atoms with Crippen molar-refractivity contribution in [3.63, 3.8) is 0 Å². The number of aliphatic hydroxyl groups excluding tert-OH is 1. The van der Waals surface area contributed by atoms with Crippen LogP contribution in [0.5, 0.6) is 0 Å². The lowest BCUT2D eigenvalue weighted by Crippen LogP contribution is -2.26. The molecule has 0 saturated carbocycles. The van der Waals surface area contributed by atoms with Gasteiger partial charge in [0.1, 0.15) is 0 Å². The van der Waals surface area contributed by atoms with Gasteiger partial charge >= 0.3 is 0 Å². The number of thiazole rings is 1. The Morgan fingerprint density at radius 2 is 1.95 bits per heavy atom. The van der Waals surface area contributed by atoms with Gasteiger partial charge in [0.2, 0.25) is 0 Å². The fourth-order valence-corrected chi connectivity index (χ4v) is 4.88. The fourth-order valence-electron chi connectivity index (χ4n) is 3.67. The van der Waals surface area contributed by atoms with Crippen LogP contribution in [0.3, 0.4) is 0 Å². The highest BCUT2D eigenvalue weighted by Crippen LogP contribution is 2.39. The zero-order valence-corrected chi connectivity index (χ0v) is 14.4. The summed E-state index contributed by atoms with van der Waals surface area (Å²) in [4.78, 5) is 8.56. The van der Waals surface area contributed by atoms with E-state index in [4.69, 9.17) is 4.98 Å². The van der Waals surface area contributed by atoms with Crippen LogP contribution < -0.4 is 4.90 Å². The summed E-state index contributed by atoms with van der Waals surface area (Å²) < 4.78 is 0. The van der Waals surface area contributed by atoms with Gasteiger partial charge in [-0.15, -0.1) is 11.3 Å². The predicted molar refractivity (Wildman–Crippen MR) is 89.0 cm³/mol. The van der Waals surface area contributed by atoms with E-state index in [0.717, 1.165) is 49.1 Å². The van der Waals surface area contributed by atoms with E-state index >= 15 is 0 Å². The highest BCUT2D eigenvalue weighted by atomic mass is 32.1. The van der Waals surface area contributed by atoms with Gasteiger partial charge in [0.25, 0.3) is 0 Å². The van der Waals surface area contributed by atoms with Crippen LogP contribution in [0.1, 0.15) is 69.6 Å². The lowest BCUT2D eigenvalue weighted by molar-refractivity contribution is 0.153. The molecule has 2 aliphatic rings. The summed E-state index contributed by atoms with van der Waals surface area (Å²) in [6, 6.07) is 0. The van der Waals surface area contributed by atoms with Gasteiger partial charge in [0.05, 0.1) is 11.8 Å². The SMILES string of the molecule is CC(C)(C)C1CCCN(c2nc3c(s2)CCCC3O)CC1. The maximum absolute atomic E-state index is 10.1. The average Bonchev–Trinajstić information content (AvgIpc) is 2.68. The molecule has 3 nitrogen and oxygen atoms in total. The van der Waals surface area contributed by atoms with Gasteiger partial charge in [0, 0.05) is 18.0 Å². The molecule has 21 heavy (non-hydrogen) atoms. The van der Waals surface area contributed by atoms with Crippen molar-refractivity contribution in [2.75, 3.05) is 18.0 Å². The third kappa shape index (κ3) is 3.26. The highest BCUT2D eigenvalue weighted by Gasteiger charge is 2.29. The summed E-state index contributed by atoms with van der Waals surface area (Å²) in [5.74, 6) is 0.808. The second kappa shape index (κ2) is 5.88. The maximum Gasteiger partial charge on any atom is 0.185 e. The Morgan fingerprint density at radius 3 is 2.67 bits per heavy atom. The molecule has 0 radical (unpaired) electrons. The van der Waals surface area contributed by atoms with Gasteiger partial charge in [0.15, 0.2) is 5.13 Å². The van der Waals surface area contributed by atoms with Crippen LogP contribution in [0.25, 0.3) is 0 Å². The molecule has 1 aliphatic heterocycles. The Labute approximate surface area is 132 Å². The zero-order chi connectivity index (χ0) is 15.0. The summed E-state index contributed by atoms with van der Waals surface area (Å²) >= 11 is 1.82. The summed E-state index contributed by atoms with van der Waals surface area (Å²) in [5.41, 5.74) is 1.38. The first-order chi connectivity index (χ1) is 9.95. The van der Waals surface area contributed by atoms with Crippen LogP contribution >= 0.6 is 11.3 Å². The molecule has 0 aromatic carbocycles. The van der Waals surface area contributed by atoms with E-state index in [1.807, 2.05) is 11.3 Å². The van der Waals surface area contributed by atoms with E-state index in [0.29, 0.717) is 5.41 Å². The Balaban J connectivity index is 1.73. The maximum atomic E-state index is 10.1. The number of aryl methyl sites for hydroxylation is 1. The summed E-state index contributed by atoms with van der Waals surface area (Å²) in [7, 11) is 0. The first kappa shape index (κ1) is 15.3. The topological polar surface area (TPSA) is 36.4 Å². The number of rotatable bonds is 1. The lowest BCUT2D eigenvalue weighted by atomic mass is 9.77. The lowest BCUT2D eigenvalue weighted by Gasteiger charge is -2.29. The number of fused-ring (bicyclic) bond motifs is 1. The second-order valence-electron chi connectivity index (χ2n) is 7.69. The number of aliphatic hydroxyl groups is 1. The van der Waals surface area contributed by atoms with E-state index in [1.54, 1.807) is 0 Å². The van der Waals surface area contributed by atoms with Crippen molar-refractivity contribution in [3.05, 3.63) is 10.6 Å². The monoisotopic (exact) mass is 308 g/mol. The molecule has 2 atom stereocenters. The van der Waals surface area contributed by atoms with Gasteiger partial charge in [-0.3, -0.25) is 0 Å². The summed E-state index contributed by atoms with van der Waals surface area (Å²) in [6.07, 6.45) is 6.60. The minimum absolute atomic E-state index is 0.326. The van der Waals surface area contributed by atoms with Crippen LogP contribution in [0.15, 0.2) is 0 Å². The van der Waals surface area contributed by atoms with Gasteiger partial charge in [-0.1, -0.05) is 20.8 Å². The molecule has 0 bridgehead atoms. The van der Waals surface area contributed by atoms with Crippen molar-refractivity contribution >= 4 is 16.5 Å². The Morgan fingerprint density at radius 1 is 1.14 bits per heavy atom.